The van der Waals surface area contributed by atoms with E-state index in [4.69, 9.17) is 0 Å². The molecule has 0 fully saturated rings. The zero-order valence-corrected chi connectivity index (χ0v) is 14.0. The molecule has 0 spiro atoms. The van der Waals surface area contributed by atoms with Gasteiger partial charge in [0, 0.05) is 25.8 Å². The molecule has 15 heavy (non-hydrogen) atoms. The predicted octanol–water partition coefficient (Wildman–Crippen LogP) is -2.34. The zero-order valence-electron chi connectivity index (χ0n) is 8.64. The van der Waals surface area contributed by atoms with E-state index >= 15 is 0 Å². The minimum Gasteiger partial charge on any atom is -1.00 e. The molecule has 0 aliphatic heterocycles. The number of halogens is 2. The number of hydrogen-bond acceptors (Lipinski definition) is 0. The molecule has 0 saturated carbocycles. The summed E-state index contributed by atoms with van der Waals surface area (Å²) in [6, 6.07) is 4.19. The largest absolute Gasteiger partial charge is 1.00 e. The molecule has 0 bridgehead atoms. The Bertz CT molecular complexity index is 261. The summed E-state index contributed by atoms with van der Waals surface area (Å²) in [5.41, 5.74) is 2.57. The van der Waals surface area contributed by atoms with Crippen LogP contribution in [0.15, 0.2) is 23.7 Å². The summed E-state index contributed by atoms with van der Waals surface area (Å²) in [5.74, 6) is 10.6. The van der Waals surface area contributed by atoms with Gasteiger partial charge in [0.05, 0.1) is 0 Å². The van der Waals surface area contributed by atoms with Crippen LogP contribution in [0.25, 0.3) is 0 Å². The maximum atomic E-state index is 3.15. The van der Waals surface area contributed by atoms with E-state index in [0.717, 1.165) is 16.4 Å². The summed E-state index contributed by atoms with van der Waals surface area (Å²) in [4.78, 5) is 0. The molecular weight excluding hydrogens is 298 g/mol. The van der Waals surface area contributed by atoms with Crippen LogP contribution in [0.1, 0.15) is 11.1 Å². The van der Waals surface area contributed by atoms with Crippen molar-refractivity contribution in [1.82, 2.24) is 0 Å². The van der Waals surface area contributed by atoms with Crippen molar-refractivity contribution < 1.29 is 50.7 Å². The third-order valence-corrected chi connectivity index (χ3v) is 3.12. The van der Waals surface area contributed by atoms with E-state index in [1.807, 2.05) is 0 Å². The Morgan fingerprint density at radius 1 is 0.867 bits per heavy atom. The Balaban J connectivity index is -0.000000160. The fourth-order valence-electron chi connectivity index (χ4n) is 0.728. The number of rotatable bonds is 0. The van der Waals surface area contributed by atoms with Crippen molar-refractivity contribution in [3.8, 4) is 0 Å². The fourth-order valence-corrected chi connectivity index (χ4v) is 2.18. The molecule has 0 aliphatic rings. The predicted molar refractivity (Wildman–Crippen MR) is 59.0 cm³/mol. The summed E-state index contributed by atoms with van der Waals surface area (Å²) in [6.07, 6.45) is 0. The molecule has 0 nitrogen and oxygen atoms in total. The van der Waals surface area contributed by atoms with Gasteiger partial charge in [-0.05, 0) is 0 Å². The second-order valence-corrected chi connectivity index (χ2v) is 4.32. The van der Waals surface area contributed by atoms with E-state index in [0.29, 0.717) is 0 Å². The van der Waals surface area contributed by atoms with Gasteiger partial charge in [-0.25, -0.2) is 12.1 Å². The van der Waals surface area contributed by atoms with E-state index in [2.05, 4.69) is 49.2 Å². The minimum absolute atomic E-state index is 0. The summed E-state index contributed by atoms with van der Waals surface area (Å²) in [6.45, 7) is 4.13. The van der Waals surface area contributed by atoms with Crippen molar-refractivity contribution in [2.75, 3.05) is 0 Å². The normalized spacial score (nSPS) is 8.13. The Morgan fingerprint density at radius 2 is 1.20 bits per heavy atom. The van der Waals surface area contributed by atoms with Crippen LogP contribution in [0.3, 0.4) is 0 Å². The first-order valence-electron chi connectivity index (χ1n) is 3.82. The van der Waals surface area contributed by atoms with Crippen LogP contribution < -0.4 is 24.8 Å². The molecule has 0 aromatic carbocycles. The molecule has 2 aromatic rings. The molecule has 2 unspecified atom stereocenters. The fraction of sp³-hybridized carbons (Fsp3) is 0.200. The molecule has 2 heterocycles. The molecule has 83 valence electrons. The molecule has 0 amide bonds. The van der Waals surface area contributed by atoms with Gasteiger partial charge in [0.2, 0.25) is 0 Å². The van der Waals surface area contributed by atoms with Gasteiger partial charge in [-0.15, -0.1) is 0 Å². The Morgan fingerprint density at radius 3 is 1.27 bits per heavy atom. The van der Waals surface area contributed by atoms with Crippen LogP contribution in [0.5, 0.6) is 0 Å². The molecule has 0 aliphatic carbocycles. The van der Waals surface area contributed by atoms with Gasteiger partial charge < -0.3 is 24.8 Å². The number of aryl methyl sites for hydroxylation is 2. The standard InChI is InChI=1S/2C5H6P.2ClH.Sc/c2*1-5-2-3-6-4-5;;;/h2*2-3,6H,1H3;2*1H;/q2*-1;;;/p-2. The Labute approximate surface area is 126 Å². The molecule has 2 aromatic heterocycles. The first-order valence-corrected chi connectivity index (χ1v) is 5.98. The smallest absolute Gasteiger partial charge is 0 e. The third-order valence-electron chi connectivity index (χ3n) is 1.37. The Hall–Kier alpha value is 1.01. The van der Waals surface area contributed by atoms with E-state index in [-0.39, 0.29) is 50.7 Å². The van der Waals surface area contributed by atoms with E-state index < -0.39 is 0 Å². The maximum absolute atomic E-state index is 3.15. The van der Waals surface area contributed by atoms with Crippen molar-refractivity contribution >= 4 is 16.4 Å². The van der Waals surface area contributed by atoms with E-state index in [1.54, 1.807) is 0 Å². The van der Waals surface area contributed by atoms with Crippen LogP contribution in [0, 0.1) is 25.4 Å². The zero-order chi connectivity index (χ0) is 8.81. The average molecular weight is 310 g/mol. The topological polar surface area (TPSA) is 0 Å². The van der Waals surface area contributed by atoms with Gasteiger partial charge in [0.25, 0.3) is 0 Å². The van der Waals surface area contributed by atoms with Gasteiger partial charge in [0.1, 0.15) is 0 Å². The molecule has 5 heteroatoms. The van der Waals surface area contributed by atoms with Crippen molar-refractivity contribution in [1.29, 1.82) is 0 Å². The second kappa shape index (κ2) is 13.1. The quantitative estimate of drug-likeness (QED) is 0.479. The SMILES string of the molecule is Cc1[c-][pH]cc1.Cc1[c-][pH]cc1.[Cl-].[Cl-].[Sc]. The minimum atomic E-state index is 0. The summed E-state index contributed by atoms with van der Waals surface area (Å²) >= 11 is 0. The molecule has 0 saturated heterocycles. The van der Waals surface area contributed by atoms with Crippen LogP contribution in [0.4, 0.5) is 0 Å². The van der Waals surface area contributed by atoms with Crippen molar-refractivity contribution in [2.45, 2.75) is 13.8 Å². The third kappa shape index (κ3) is 11.3. The molecule has 1 radical (unpaired) electrons. The van der Waals surface area contributed by atoms with Crippen molar-refractivity contribution in [2.24, 2.45) is 0 Å². The summed E-state index contributed by atoms with van der Waals surface area (Å²) in [5, 5.41) is 0. The summed E-state index contributed by atoms with van der Waals surface area (Å²) < 4.78 is 0. The van der Waals surface area contributed by atoms with Crippen LogP contribution in [-0.4, -0.2) is 0 Å². The van der Waals surface area contributed by atoms with Crippen LogP contribution in [-0.2, 0) is 25.8 Å². The van der Waals surface area contributed by atoms with Gasteiger partial charge in [-0.3, -0.25) is 16.4 Å². The monoisotopic (exact) mass is 309 g/mol. The van der Waals surface area contributed by atoms with Crippen LogP contribution >= 0.6 is 16.4 Å². The van der Waals surface area contributed by atoms with Gasteiger partial charge in [0.15, 0.2) is 0 Å². The van der Waals surface area contributed by atoms with Crippen molar-refractivity contribution in [3.63, 3.8) is 0 Å². The van der Waals surface area contributed by atoms with Crippen molar-refractivity contribution in [3.05, 3.63) is 46.5 Å². The first kappa shape index (κ1) is 21.3. The first-order chi connectivity index (χ1) is 5.79. The van der Waals surface area contributed by atoms with Gasteiger partial charge in [-0.1, -0.05) is 13.8 Å². The van der Waals surface area contributed by atoms with E-state index in [9.17, 15) is 0 Å². The molecular formula is C10H12Cl2P2Sc-4. The molecule has 2 rings (SSSR count). The molecule has 2 atom stereocenters. The Kier molecular flexibility index (Phi) is 18.6. The number of hydrogen-bond donors (Lipinski definition) is 0. The average Bonchev–Trinajstić information content (AvgIpc) is 2.63. The van der Waals surface area contributed by atoms with E-state index in [1.165, 1.54) is 11.1 Å². The summed E-state index contributed by atoms with van der Waals surface area (Å²) in [7, 11) is 1.64. The maximum Gasteiger partial charge on any atom is 0 e. The van der Waals surface area contributed by atoms with Gasteiger partial charge in [-0.2, -0.15) is 34.3 Å². The van der Waals surface area contributed by atoms with Crippen LogP contribution in [0.2, 0.25) is 0 Å². The van der Waals surface area contributed by atoms with Gasteiger partial charge >= 0.3 is 0 Å². The molecule has 0 N–H and O–H groups in total. The second-order valence-electron chi connectivity index (χ2n) is 2.57.